The third kappa shape index (κ3) is 6.98. The maximum atomic E-state index is 13.0. The molecule has 0 aliphatic rings. The Labute approximate surface area is 214 Å². The van der Waals surface area contributed by atoms with E-state index in [-0.39, 0.29) is 18.1 Å². The number of anilines is 1. The standard InChI is InChI=1S/C29H24ClN3O3/c30-23-11-15-26(16-12-23)36-25-13-9-20(10-14-25)18-27(33-28(34)22-6-2-1-3-7-22)29(35)32-19-21-5-4-8-24(31)17-21/h1-18H,19,31H2,(H,32,35)(H,33,34)/b27-18-. The van der Waals surface area contributed by atoms with E-state index < -0.39 is 5.91 Å². The van der Waals surface area contributed by atoms with Gasteiger partial charge >= 0.3 is 0 Å². The Hall–Kier alpha value is -4.55. The molecule has 0 saturated heterocycles. The van der Waals surface area contributed by atoms with Gasteiger partial charge in [0, 0.05) is 22.8 Å². The van der Waals surface area contributed by atoms with Crippen LogP contribution >= 0.6 is 11.6 Å². The summed E-state index contributed by atoms with van der Waals surface area (Å²) in [7, 11) is 0. The van der Waals surface area contributed by atoms with Crippen molar-refractivity contribution in [3.05, 3.63) is 131 Å². The van der Waals surface area contributed by atoms with Crippen LogP contribution < -0.4 is 21.1 Å². The van der Waals surface area contributed by atoms with Gasteiger partial charge in [-0.2, -0.15) is 0 Å². The molecule has 2 amide bonds. The molecule has 0 saturated carbocycles. The molecule has 0 aliphatic carbocycles. The highest BCUT2D eigenvalue weighted by Crippen LogP contribution is 2.24. The lowest BCUT2D eigenvalue weighted by molar-refractivity contribution is -0.117. The predicted molar refractivity (Wildman–Crippen MR) is 143 cm³/mol. The minimum atomic E-state index is -0.428. The number of amides is 2. The molecule has 0 aromatic heterocycles. The van der Waals surface area contributed by atoms with Crippen molar-refractivity contribution in [1.82, 2.24) is 10.6 Å². The number of nitrogen functional groups attached to an aromatic ring is 1. The SMILES string of the molecule is Nc1cccc(CNC(=O)/C(=C/c2ccc(Oc3ccc(Cl)cc3)cc2)NC(=O)c2ccccc2)c1. The van der Waals surface area contributed by atoms with E-state index in [0.29, 0.717) is 33.3 Å². The Morgan fingerprint density at radius 2 is 1.50 bits per heavy atom. The topological polar surface area (TPSA) is 93.4 Å². The van der Waals surface area contributed by atoms with Gasteiger partial charge in [0.25, 0.3) is 11.8 Å². The van der Waals surface area contributed by atoms with Crippen molar-refractivity contribution in [2.75, 3.05) is 5.73 Å². The molecule has 180 valence electrons. The largest absolute Gasteiger partial charge is 0.457 e. The van der Waals surface area contributed by atoms with Crippen molar-refractivity contribution in [2.24, 2.45) is 0 Å². The summed E-state index contributed by atoms with van der Waals surface area (Å²) in [5, 5.41) is 6.20. The van der Waals surface area contributed by atoms with E-state index in [2.05, 4.69) is 10.6 Å². The van der Waals surface area contributed by atoms with E-state index in [4.69, 9.17) is 22.1 Å². The first-order chi connectivity index (χ1) is 17.5. The van der Waals surface area contributed by atoms with Gasteiger partial charge in [-0.3, -0.25) is 9.59 Å². The van der Waals surface area contributed by atoms with Crippen LogP contribution in [-0.2, 0) is 11.3 Å². The normalized spacial score (nSPS) is 11.0. The van der Waals surface area contributed by atoms with E-state index in [1.165, 1.54) is 0 Å². The fourth-order valence-electron chi connectivity index (χ4n) is 3.36. The van der Waals surface area contributed by atoms with Crippen LogP contribution in [0.2, 0.25) is 5.02 Å². The molecule has 0 aliphatic heterocycles. The number of rotatable bonds is 8. The minimum Gasteiger partial charge on any atom is -0.457 e. The van der Waals surface area contributed by atoms with Gasteiger partial charge in [-0.15, -0.1) is 0 Å². The summed E-state index contributed by atoms with van der Waals surface area (Å²) in [6.07, 6.45) is 1.61. The first kappa shape index (κ1) is 24.6. The Balaban J connectivity index is 1.52. The Bertz CT molecular complexity index is 1370. The van der Waals surface area contributed by atoms with Gasteiger partial charge in [-0.25, -0.2) is 0 Å². The number of hydrogen-bond acceptors (Lipinski definition) is 4. The smallest absolute Gasteiger partial charge is 0.268 e. The van der Waals surface area contributed by atoms with Gasteiger partial charge in [0.1, 0.15) is 17.2 Å². The Kier molecular flexibility index (Phi) is 8.01. The van der Waals surface area contributed by atoms with Gasteiger partial charge in [-0.1, -0.05) is 54.1 Å². The van der Waals surface area contributed by atoms with Gasteiger partial charge in [0.15, 0.2) is 0 Å². The fraction of sp³-hybridized carbons (Fsp3) is 0.0345. The second-order valence-corrected chi connectivity index (χ2v) is 8.37. The van der Waals surface area contributed by atoms with Crippen molar-refractivity contribution in [3.8, 4) is 11.5 Å². The number of nitrogens with two attached hydrogens (primary N) is 1. The summed E-state index contributed by atoms with van der Waals surface area (Å²) in [5.41, 5.74) is 8.55. The lowest BCUT2D eigenvalue weighted by atomic mass is 10.1. The zero-order valence-electron chi connectivity index (χ0n) is 19.3. The van der Waals surface area contributed by atoms with Crippen LogP contribution in [0.3, 0.4) is 0 Å². The van der Waals surface area contributed by atoms with Gasteiger partial charge in [0.05, 0.1) is 0 Å². The minimum absolute atomic E-state index is 0.110. The molecule has 0 bridgehead atoms. The second kappa shape index (κ2) is 11.7. The highest BCUT2D eigenvalue weighted by Gasteiger charge is 2.15. The molecule has 0 heterocycles. The van der Waals surface area contributed by atoms with Crippen LogP contribution in [0.5, 0.6) is 11.5 Å². The molecule has 0 unspecified atom stereocenters. The summed E-state index contributed by atoms with van der Waals surface area (Å²) < 4.78 is 5.82. The second-order valence-electron chi connectivity index (χ2n) is 7.93. The van der Waals surface area contributed by atoms with E-state index in [9.17, 15) is 9.59 Å². The molecule has 4 N–H and O–H groups in total. The highest BCUT2D eigenvalue weighted by molar-refractivity contribution is 6.30. The highest BCUT2D eigenvalue weighted by atomic mass is 35.5. The number of ether oxygens (including phenoxy) is 1. The van der Waals surface area contributed by atoms with Crippen LogP contribution in [0, 0.1) is 0 Å². The number of halogens is 1. The van der Waals surface area contributed by atoms with E-state index >= 15 is 0 Å². The molecule has 0 fully saturated rings. The maximum absolute atomic E-state index is 13.0. The number of nitrogens with one attached hydrogen (secondary N) is 2. The van der Waals surface area contributed by atoms with Crippen LogP contribution in [-0.4, -0.2) is 11.8 Å². The van der Waals surface area contributed by atoms with Gasteiger partial charge in [-0.05, 0) is 77.9 Å². The van der Waals surface area contributed by atoms with Crippen molar-refractivity contribution in [1.29, 1.82) is 0 Å². The lowest BCUT2D eigenvalue weighted by Crippen LogP contribution is -2.34. The molecule has 4 aromatic rings. The maximum Gasteiger partial charge on any atom is 0.268 e. The van der Waals surface area contributed by atoms with Gasteiger partial charge in [0.2, 0.25) is 0 Å². The molecular weight excluding hydrogens is 474 g/mol. The molecule has 4 aromatic carbocycles. The number of carbonyl (C=O) groups excluding carboxylic acids is 2. The van der Waals surface area contributed by atoms with Crippen LogP contribution in [0.25, 0.3) is 6.08 Å². The first-order valence-electron chi connectivity index (χ1n) is 11.2. The Morgan fingerprint density at radius 3 is 2.17 bits per heavy atom. The lowest BCUT2D eigenvalue weighted by Gasteiger charge is -2.12. The molecule has 36 heavy (non-hydrogen) atoms. The van der Waals surface area contributed by atoms with E-state index in [1.54, 1.807) is 91.0 Å². The first-order valence-corrected chi connectivity index (χ1v) is 11.6. The van der Waals surface area contributed by atoms with Gasteiger partial charge < -0.3 is 21.1 Å². The van der Waals surface area contributed by atoms with E-state index in [1.807, 2.05) is 18.2 Å². The molecule has 6 nitrogen and oxygen atoms in total. The summed E-state index contributed by atoms with van der Waals surface area (Å²) in [6.45, 7) is 0.260. The third-order valence-electron chi connectivity index (χ3n) is 5.17. The van der Waals surface area contributed by atoms with Crippen LogP contribution in [0.1, 0.15) is 21.5 Å². The predicted octanol–water partition coefficient (Wildman–Crippen LogP) is 5.80. The summed E-state index contributed by atoms with van der Waals surface area (Å²) in [6, 6.07) is 30.1. The van der Waals surface area contributed by atoms with Crippen molar-refractivity contribution in [2.45, 2.75) is 6.54 Å². The molecule has 4 rings (SSSR count). The quantitative estimate of drug-likeness (QED) is 0.212. The molecule has 0 spiro atoms. The monoisotopic (exact) mass is 497 g/mol. The zero-order valence-corrected chi connectivity index (χ0v) is 20.0. The van der Waals surface area contributed by atoms with Crippen molar-refractivity contribution < 1.29 is 14.3 Å². The Morgan fingerprint density at radius 1 is 0.833 bits per heavy atom. The molecular formula is C29H24ClN3O3. The fourth-order valence-corrected chi connectivity index (χ4v) is 3.49. The van der Waals surface area contributed by atoms with Crippen LogP contribution in [0.15, 0.2) is 109 Å². The van der Waals surface area contributed by atoms with Crippen LogP contribution in [0.4, 0.5) is 5.69 Å². The summed E-state index contributed by atoms with van der Waals surface area (Å²) in [4.78, 5) is 25.8. The molecule has 0 radical (unpaired) electrons. The van der Waals surface area contributed by atoms with Crippen molar-refractivity contribution in [3.63, 3.8) is 0 Å². The molecule has 7 heteroatoms. The summed E-state index contributed by atoms with van der Waals surface area (Å²) in [5.74, 6) is 0.460. The average Bonchev–Trinajstić information content (AvgIpc) is 2.90. The van der Waals surface area contributed by atoms with E-state index in [0.717, 1.165) is 5.56 Å². The number of carbonyl (C=O) groups is 2. The zero-order chi connectivity index (χ0) is 25.3. The summed E-state index contributed by atoms with van der Waals surface area (Å²) >= 11 is 5.92. The number of benzene rings is 4. The average molecular weight is 498 g/mol. The third-order valence-corrected chi connectivity index (χ3v) is 5.43. The molecule has 0 atom stereocenters. The van der Waals surface area contributed by atoms with Crippen molar-refractivity contribution >= 4 is 35.2 Å². The number of hydrogen-bond donors (Lipinski definition) is 3.